The molecule has 2 aliphatic rings. The fourth-order valence-electron chi connectivity index (χ4n) is 4.01. The van der Waals surface area contributed by atoms with Crippen LogP contribution in [0, 0.1) is 27.7 Å². The van der Waals surface area contributed by atoms with E-state index in [0.717, 1.165) is 43.6 Å². The topological polar surface area (TPSA) is 58.4 Å². The first-order valence-corrected chi connectivity index (χ1v) is 9.86. The van der Waals surface area contributed by atoms with Gasteiger partial charge >= 0.3 is 0 Å². The summed E-state index contributed by atoms with van der Waals surface area (Å²) in [5.74, 6) is 1.56. The average molecular weight is 371 g/mol. The molecular formula is C23H36N3O. The molecule has 1 aromatic carbocycles. The van der Waals surface area contributed by atoms with Gasteiger partial charge in [0.1, 0.15) is 0 Å². The van der Waals surface area contributed by atoms with Crippen molar-refractivity contribution in [3.8, 4) is 0 Å². The molecule has 1 amide bonds. The third kappa shape index (κ3) is 6.84. The molecule has 1 heterocycles. The van der Waals surface area contributed by atoms with Crippen LogP contribution in [0.1, 0.15) is 63.4 Å². The van der Waals surface area contributed by atoms with E-state index < -0.39 is 0 Å². The van der Waals surface area contributed by atoms with Gasteiger partial charge in [-0.2, -0.15) is 0 Å². The van der Waals surface area contributed by atoms with Crippen molar-refractivity contribution in [3.63, 3.8) is 0 Å². The molecule has 3 N–H and O–H groups in total. The maximum absolute atomic E-state index is 12.5. The van der Waals surface area contributed by atoms with E-state index in [1.54, 1.807) is 0 Å². The quantitative estimate of drug-likeness (QED) is 0.798. The highest BCUT2D eigenvalue weighted by atomic mass is 16.1. The number of benzene rings is 1. The second-order valence-electron chi connectivity index (χ2n) is 7.74. The highest BCUT2D eigenvalue weighted by Gasteiger charge is 2.20. The lowest BCUT2D eigenvalue weighted by Crippen LogP contribution is -2.26. The second kappa shape index (κ2) is 11.3. The lowest BCUT2D eigenvalue weighted by Gasteiger charge is -2.21. The molecule has 1 aromatic rings. The monoisotopic (exact) mass is 370 g/mol. The number of nitrogens with zero attached hydrogens (tertiary/aromatic N) is 1. The van der Waals surface area contributed by atoms with Crippen molar-refractivity contribution in [1.82, 2.24) is 0 Å². The number of aryl methyl sites for hydroxylation is 1. The van der Waals surface area contributed by atoms with Crippen LogP contribution in [0.25, 0.3) is 0 Å². The minimum atomic E-state index is 0. The van der Waals surface area contributed by atoms with Crippen molar-refractivity contribution < 1.29 is 4.79 Å². The standard InChI is InChI=1S/C21H32N3O.2CH2/c1-16-13-19(24-12-11-18(22)15-24)9-10-20(16)23-21(25)14-17-7-5-3-2-4-6-8-17;;/h9-10,13,18H,2-8,11-12,14-15,22H2,1H3,(H,23,25);2*1H2. The SMILES string of the molecule is Cc1cc(N2CCC(N)C2)ccc1NC(=O)C[C]1CCCCCCC1.[CH2].[CH2]. The minimum Gasteiger partial charge on any atom is -0.370 e. The van der Waals surface area contributed by atoms with Crippen LogP contribution in [0.2, 0.25) is 0 Å². The number of carbonyl (C=O) groups is 1. The van der Waals surface area contributed by atoms with Gasteiger partial charge < -0.3 is 16.0 Å². The lowest BCUT2D eigenvalue weighted by molar-refractivity contribution is -0.116. The summed E-state index contributed by atoms with van der Waals surface area (Å²) in [6.07, 6.45) is 10.4. The average Bonchev–Trinajstić information content (AvgIpc) is 2.98. The van der Waals surface area contributed by atoms with E-state index >= 15 is 0 Å². The van der Waals surface area contributed by atoms with Gasteiger partial charge in [0.15, 0.2) is 0 Å². The van der Waals surface area contributed by atoms with Crippen molar-refractivity contribution in [2.24, 2.45) is 5.73 Å². The van der Waals surface area contributed by atoms with E-state index in [2.05, 4.69) is 29.3 Å². The van der Waals surface area contributed by atoms with E-state index in [-0.39, 0.29) is 26.8 Å². The third-order valence-corrected chi connectivity index (χ3v) is 5.55. The first kappa shape index (κ1) is 23.5. The number of rotatable bonds is 4. The van der Waals surface area contributed by atoms with Crippen LogP contribution < -0.4 is 16.0 Å². The predicted octanol–water partition coefficient (Wildman–Crippen LogP) is 4.83. The van der Waals surface area contributed by atoms with Gasteiger partial charge in [0.25, 0.3) is 0 Å². The first-order valence-electron chi connectivity index (χ1n) is 9.86. The van der Waals surface area contributed by atoms with Gasteiger partial charge in [-0.05, 0) is 55.9 Å². The molecule has 27 heavy (non-hydrogen) atoms. The van der Waals surface area contributed by atoms with E-state index in [1.165, 1.54) is 43.7 Å². The van der Waals surface area contributed by atoms with Crippen LogP contribution in [0.5, 0.6) is 0 Å². The van der Waals surface area contributed by atoms with Crippen LogP contribution in [0.3, 0.4) is 0 Å². The van der Waals surface area contributed by atoms with Crippen LogP contribution >= 0.6 is 0 Å². The molecule has 2 fully saturated rings. The molecule has 1 aliphatic carbocycles. The number of hydrogen-bond donors (Lipinski definition) is 2. The molecular weight excluding hydrogens is 334 g/mol. The summed E-state index contributed by atoms with van der Waals surface area (Å²) >= 11 is 0. The van der Waals surface area contributed by atoms with Crippen molar-refractivity contribution >= 4 is 17.3 Å². The van der Waals surface area contributed by atoms with Gasteiger partial charge in [0.05, 0.1) is 0 Å². The Morgan fingerprint density at radius 3 is 2.41 bits per heavy atom. The Morgan fingerprint density at radius 2 is 1.81 bits per heavy atom. The van der Waals surface area contributed by atoms with Crippen molar-refractivity contribution in [1.29, 1.82) is 0 Å². The Balaban J connectivity index is 0.00000182. The van der Waals surface area contributed by atoms with Crippen LogP contribution in [0.15, 0.2) is 18.2 Å². The zero-order chi connectivity index (χ0) is 17.6. The first-order chi connectivity index (χ1) is 12.1. The molecule has 1 aliphatic heterocycles. The third-order valence-electron chi connectivity index (χ3n) is 5.55. The summed E-state index contributed by atoms with van der Waals surface area (Å²) in [4.78, 5) is 14.8. The molecule has 3 rings (SSSR count). The summed E-state index contributed by atoms with van der Waals surface area (Å²) in [7, 11) is 0. The molecule has 1 atom stereocenters. The summed E-state index contributed by atoms with van der Waals surface area (Å²) in [5, 5.41) is 3.12. The number of nitrogens with one attached hydrogen (secondary N) is 1. The number of amides is 1. The van der Waals surface area contributed by atoms with Crippen molar-refractivity contribution in [3.05, 3.63) is 44.5 Å². The van der Waals surface area contributed by atoms with Gasteiger partial charge in [-0.25, -0.2) is 0 Å². The molecule has 0 aromatic heterocycles. The van der Waals surface area contributed by atoms with E-state index in [9.17, 15) is 4.79 Å². The molecule has 1 saturated heterocycles. The predicted molar refractivity (Wildman–Crippen MR) is 116 cm³/mol. The van der Waals surface area contributed by atoms with E-state index in [4.69, 9.17) is 5.73 Å². The molecule has 1 unspecified atom stereocenters. The largest absolute Gasteiger partial charge is 0.370 e. The fourth-order valence-corrected chi connectivity index (χ4v) is 4.01. The second-order valence-corrected chi connectivity index (χ2v) is 7.74. The normalized spacial score (nSPS) is 20.8. The zero-order valence-electron chi connectivity index (χ0n) is 16.9. The Morgan fingerprint density at radius 1 is 1.15 bits per heavy atom. The molecule has 5 radical (unpaired) electrons. The van der Waals surface area contributed by atoms with Gasteiger partial charge in [0, 0.05) is 36.9 Å². The lowest BCUT2D eigenvalue weighted by atomic mass is 9.88. The van der Waals surface area contributed by atoms with Crippen LogP contribution in [0.4, 0.5) is 11.4 Å². The van der Waals surface area contributed by atoms with Crippen LogP contribution in [-0.4, -0.2) is 25.0 Å². The minimum absolute atomic E-state index is 0. The van der Waals surface area contributed by atoms with Crippen molar-refractivity contribution in [2.75, 3.05) is 23.3 Å². The smallest absolute Gasteiger partial charge is 0.224 e. The molecule has 4 nitrogen and oxygen atoms in total. The molecule has 149 valence electrons. The number of carbonyl (C=O) groups excluding carboxylic acids is 1. The maximum atomic E-state index is 12.5. The number of nitrogens with two attached hydrogens (primary N) is 1. The van der Waals surface area contributed by atoms with E-state index in [0.29, 0.717) is 6.42 Å². The summed E-state index contributed by atoms with van der Waals surface area (Å²) in [6.45, 7) is 4.01. The molecule has 4 heteroatoms. The van der Waals surface area contributed by atoms with E-state index in [1.807, 2.05) is 6.07 Å². The molecule has 0 spiro atoms. The summed E-state index contributed by atoms with van der Waals surface area (Å²) < 4.78 is 0. The Kier molecular flexibility index (Phi) is 9.86. The highest BCUT2D eigenvalue weighted by molar-refractivity contribution is 5.92. The van der Waals surface area contributed by atoms with Gasteiger partial charge in [-0.1, -0.05) is 47.0 Å². The molecule has 1 saturated carbocycles. The van der Waals surface area contributed by atoms with Gasteiger partial charge in [0.2, 0.25) is 5.91 Å². The van der Waals surface area contributed by atoms with Gasteiger partial charge in [-0.15, -0.1) is 0 Å². The zero-order valence-corrected chi connectivity index (χ0v) is 16.9. The molecule has 0 bridgehead atoms. The van der Waals surface area contributed by atoms with Crippen LogP contribution in [-0.2, 0) is 4.79 Å². The highest BCUT2D eigenvalue weighted by Crippen LogP contribution is 2.28. The number of hydrogen-bond acceptors (Lipinski definition) is 3. The maximum Gasteiger partial charge on any atom is 0.224 e. The Labute approximate surface area is 166 Å². The van der Waals surface area contributed by atoms with Gasteiger partial charge in [-0.3, -0.25) is 4.79 Å². The van der Waals surface area contributed by atoms with Crippen molar-refractivity contribution in [2.45, 2.75) is 70.8 Å². The Hall–Kier alpha value is -1.55. The number of anilines is 2. The Bertz CT molecular complexity index is 579. The summed E-state index contributed by atoms with van der Waals surface area (Å²) in [6, 6.07) is 6.58. The fraction of sp³-hybridized carbons (Fsp3) is 0.565. The summed E-state index contributed by atoms with van der Waals surface area (Å²) in [5.41, 5.74) is 9.26.